The Hall–Kier alpha value is -2.72. The van der Waals surface area contributed by atoms with Crippen molar-refractivity contribution in [1.29, 1.82) is 5.26 Å². The third-order valence-electron chi connectivity index (χ3n) is 3.12. The first-order chi connectivity index (χ1) is 10.1. The number of hydrogen-bond donors (Lipinski definition) is 3. The van der Waals surface area contributed by atoms with Crippen molar-refractivity contribution in [3.63, 3.8) is 0 Å². The molecule has 7 heteroatoms. The zero-order valence-electron chi connectivity index (χ0n) is 11.6. The lowest BCUT2D eigenvalue weighted by atomic mass is 10.1. The Bertz CT molecular complexity index is 755. The van der Waals surface area contributed by atoms with Crippen molar-refractivity contribution < 1.29 is 9.90 Å². The van der Waals surface area contributed by atoms with Crippen LogP contribution in [0.4, 0.5) is 5.82 Å². The number of carbonyl (C=O) groups excluding carboxylic acids is 1. The van der Waals surface area contributed by atoms with Crippen LogP contribution in [-0.4, -0.2) is 32.4 Å². The van der Waals surface area contributed by atoms with E-state index in [9.17, 15) is 4.79 Å². The van der Waals surface area contributed by atoms with Crippen LogP contribution in [0.3, 0.4) is 0 Å². The van der Waals surface area contributed by atoms with Crippen LogP contribution in [0.15, 0.2) is 11.9 Å². The number of anilines is 1. The number of aromatic nitrogens is 3. The van der Waals surface area contributed by atoms with Crippen molar-refractivity contribution >= 4 is 28.7 Å². The van der Waals surface area contributed by atoms with Crippen LogP contribution in [0.2, 0.25) is 0 Å². The van der Waals surface area contributed by atoms with Gasteiger partial charge < -0.3 is 15.8 Å². The number of nitrogen functional groups attached to an aromatic ring is 1. The molecule has 0 aliphatic heterocycles. The molecule has 7 nitrogen and oxygen atoms in total. The number of ketones is 1. The zero-order chi connectivity index (χ0) is 15.4. The maximum Gasteiger partial charge on any atom is 0.170 e. The molecule has 0 unspecified atom stereocenters. The summed E-state index contributed by atoms with van der Waals surface area (Å²) in [4.78, 5) is 22.5. The highest BCUT2D eigenvalue weighted by Crippen LogP contribution is 2.26. The topological polar surface area (TPSA) is 129 Å². The highest BCUT2D eigenvalue weighted by Gasteiger charge is 2.15. The third kappa shape index (κ3) is 2.90. The van der Waals surface area contributed by atoms with E-state index in [-0.39, 0.29) is 18.0 Å². The SMILES string of the molecule is CC(=O)/C(C#N)=C/c1[nH]c2c(N)ncnc2c1CCCO. The second-order valence-electron chi connectivity index (χ2n) is 4.55. The number of nitrogens with zero attached hydrogens (tertiary/aromatic N) is 3. The molecule has 2 heterocycles. The fourth-order valence-electron chi connectivity index (χ4n) is 2.08. The molecule has 0 aromatic carbocycles. The van der Waals surface area contributed by atoms with Crippen molar-refractivity contribution in [3.8, 4) is 6.07 Å². The Morgan fingerprint density at radius 1 is 1.57 bits per heavy atom. The molecule has 0 aliphatic carbocycles. The van der Waals surface area contributed by atoms with Gasteiger partial charge in [-0.1, -0.05) is 0 Å². The van der Waals surface area contributed by atoms with Gasteiger partial charge in [0.15, 0.2) is 11.6 Å². The number of Topliss-reactive ketones (excluding diaryl/α,β-unsaturated/α-hetero) is 1. The van der Waals surface area contributed by atoms with Crippen LogP contribution >= 0.6 is 0 Å². The first-order valence-electron chi connectivity index (χ1n) is 6.43. The molecule has 2 aromatic rings. The molecule has 0 saturated carbocycles. The van der Waals surface area contributed by atoms with Crippen molar-refractivity contribution in [1.82, 2.24) is 15.0 Å². The van der Waals surface area contributed by atoms with E-state index in [4.69, 9.17) is 16.1 Å². The first kappa shape index (κ1) is 14.7. The van der Waals surface area contributed by atoms with Crippen LogP contribution in [0.1, 0.15) is 24.6 Å². The number of aryl methyl sites for hydroxylation is 1. The van der Waals surface area contributed by atoms with E-state index in [1.807, 2.05) is 6.07 Å². The second-order valence-corrected chi connectivity index (χ2v) is 4.55. The molecular weight excluding hydrogens is 270 g/mol. The number of nitrogens with one attached hydrogen (secondary N) is 1. The molecule has 2 rings (SSSR count). The molecule has 108 valence electrons. The summed E-state index contributed by atoms with van der Waals surface area (Å²) < 4.78 is 0. The van der Waals surface area contributed by atoms with Gasteiger partial charge in [-0.25, -0.2) is 9.97 Å². The molecule has 21 heavy (non-hydrogen) atoms. The molecule has 0 atom stereocenters. The van der Waals surface area contributed by atoms with E-state index in [2.05, 4.69) is 15.0 Å². The van der Waals surface area contributed by atoms with E-state index < -0.39 is 0 Å². The average molecular weight is 285 g/mol. The van der Waals surface area contributed by atoms with E-state index in [0.717, 1.165) is 5.56 Å². The Balaban J connectivity index is 2.64. The number of H-pyrrole nitrogens is 1. The Labute approximate surface area is 121 Å². The maximum atomic E-state index is 11.4. The number of carbonyl (C=O) groups is 1. The fourth-order valence-corrected chi connectivity index (χ4v) is 2.08. The van der Waals surface area contributed by atoms with Gasteiger partial charge in [-0.05, 0) is 25.8 Å². The van der Waals surface area contributed by atoms with Gasteiger partial charge in [-0.15, -0.1) is 0 Å². The maximum absolute atomic E-state index is 11.4. The molecule has 0 spiro atoms. The lowest BCUT2D eigenvalue weighted by Gasteiger charge is -2.00. The van der Waals surface area contributed by atoms with Crippen LogP contribution < -0.4 is 5.73 Å². The largest absolute Gasteiger partial charge is 0.396 e. The molecular formula is C14H15N5O2. The fraction of sp³-hybridized carbons (Fsp3) is 0.286. The number of rotatable bonds is 5. The summed E-state index contributed by atoms with van der Waals surface area (Å²) in [6, 6.07) is 1.87. The van der Waals surface area contributed by atoms with E-state index in [1.165, 1.54) is 19.3 Å². The molecule has 4 N–H and O–H groups in total. The first-order valence-corrected chi connectivity index (χ1v) is 6.43. The number of aliphatic hydroxyl groups is 1. The van der Waals surface area contributed by atoms with Gasteiger partial charge in [0.2, 0.25) is 0 Å². The predicted molar refractivity (Wildman–Crippen MR) is 78.0 cm³/mol. The Morgan fingerprint density at radius 3 is 2.95 bits per heavy atom. The molecule has 0 fully saturated rings. The smallest absolute Gasteiger partial charge is 0.170 e. The Kier molecular flexibility index (Phi) is 4.30. The lowest BCUT2D eigenvalue weighted by Crippen LogP contribution is -1.96. The van der Waals surface area contributed by atoms with Crippen LogP contribution in [0.25, 0.3) is 17.1 Å². The third-order valence-corrected chi connectivity index (χ3v) is 3.12. The van der Waals surface area contributed by atoms with E-state index in [1.54, 1.807) is 0 Å². The van der Waals surface area contributed by atoms with Crippen LogP contribution in [-0.2, 0) is 11.2 Å². The van der Waals surface area contributed by atoms with Gasteiger partial charge in [-0.2, -0.15) is 5.26 Å². The van der Waals surface area contributed by atoms with Crippen LogP contribution in [0, 0.1) is 11.3 Å². The highest BCUT2D eigenvalue weighted by molar-refractivity contribution is 6.02. The van der Waals surface area contributed by atoms with Crippen LogP contribution in [0.5, 0.6) is 0 Å². The normalized spacial score (nSPS) is 11.6. The van der Waals surface area contributed by atoms with Gasteiger partial charge in [-0.3, -0.25) is 4.79 Å². The van der Waals surface area contributed by atoms with Gasteiger partial charge in [0.1, 0.15) is 17.9 Å². The van der Waals surface area contributed by atoms with E-state index in [0.29, 0.717) is 35.4 Å². The monoisotopic (exact) mass is 285 g/mol. The molecule has 0 saturated heterocycles. The zero-order valence-corrected chi connectivity index (χ0v) is 11.6. The number of aromatic amines is 1. The summed E-state index contributed by atoms with van der Waals surface area (Å²) >= 11 is 0. The summed E-state index contributed by atoms with van der Waals surface area (Å²) in [5.41, 5.74) is 8.46. The summed E-state index contributed by atoms with van der Waals surface area (Å²) in [6.07, 6.45) is 3.93. The number of hydrogen-bond acceptors (Lipinski definition) is 6. The van der Waals surface area contributed by atoms with Crippen molar-refractivity contribution in [2.45, 2.75) is 19.8 Å². The minimum Gasteiger partial charge on any atom is -0.396 e. The average Bonchev–Trinajstić information content (AvgIpc) is 2.81. The summed E-state index contributed by atoms with van der Waals surface area (Å²) in [5, 5.41) is 18.0. The van der Waals surface area contributed by atoms with E-state index >= 15 is 0 Å². The highest BCUT2D eigenvalue weighted by atomic mass is 16.2. The minimum atomic E-state index is -0.316. The summed E-state index contributed by atoms with van der Waals surface area (Å²) in [5.74, 6) is -0.0189. The summed E-state index contributed by atoms with van der Waals surface area (Å²) in [7, 11) is 0. The predicted octanol–water partition coefficient (Wildman–Crippen LogP) is 0.961. The Morgan fingerprint density at radius 2 is 2.33 bits per heavy atom. The van der Waals surface area contributed by atoms with Gasteiger partial charge in [0, 0.05) is 17.9 Å². The standard InChI is InChI=1S/C14H15N5O2/c1-8(21)9(6-15)5-11-10(3-2-4-20)12-13(19-11)14(16)18-7-17-12/h5,7,19-20H,2-4H2,1H3,(H2,16,17,18)/b9-5+. The van der Waals surface area contributed by atoms with Gasteiger partial charge >= 0.3 is 0 Å². The molecule has 0 amide bonds. The van der Waals surface area contributed by atoms with Gasteiger partial charge in [0.05, 0.1) is 11.1 Å². The van der Waals surface area contributed by atoms with Crippen molar-refractivity contribution in [2.75, 3.05) is 12.3 Å². The molecule has 0 radical (unpaired) electrons. The lowest BCUT2D eigenvalue weighted by molar-refractivity contribution is -0.113. The van der Waals surface area contributed by atoms with Crippen molar-refractivity contribution in [2.24, 2.45) is 0 Å². The second kappa shape index (κ2) is 6.15. The summed E-state index contributed by atoms with van der Waals surface area (Å²) in [6.45, 7) is 1.37. The quantitative estimate of drug-likeness (QED) is 0.554. The number of nitrogens with two attached hydrogens (primary N) is 1. The number of nitriles is 1. The number of aliphatic hydroxyl groups excluding tert-OH is 1. The van der Waals surface area contributed by atoms with Gasteiger partial charge in [0.25, 0.3) is 0 Å². The molecule has 0 aliphatic rings. The molecule has 0 bridgehead atoms. The number of allylic oxidation sites excluding steroid dienone is 1. The molecule has 2 aromatic heterocycles. The number of fused-ring (bicyclic) bond motifs is 1. The minimum absolute atomic E-state index is 0.0359. The van der Waals surface area contributed by atoms with Crippen molar-refractivity contribution in [3.05, 3.63) is 23.2 Å².